The molecule has 0 radical (unpaired) electrons. The first-order chi connectivity index (χ1) is 18.0. The first kappa shape index (κ1) is 26.1. The average Bonchev–Trinajstić information content (AvgIpc) is 3.40. The van der Waals surface area contributed by atoms with Gasteiger partial charge in [0.25, 0.3) is 0 Å². The van der Waals surface area contributed by atoms with E-state index >= 15 is 0 Å². The van der Waals surface area contributed by atoms with Crippen LogP contribution in [-0.2, 0) is 17.6 Å². The quantitative estimate of drug-likeness (QED) is 0.368. The van der Waals surface area contributed by atoms with Gasteiger partial charge in [0.05, 0.1) is 35.4 Å². The number of anilines is 1. The number of hydrogen-bond acceptors (Lipinski definition) is 7. The molecule has 4 heterocycles. The Morgan fingerprint density at radius 3 is 2.37 bits per heavy atom. The van der Waals surface area contributed by atoms with Crippen LogP contribution in [-0.4, -0.2) is 67.5 Å². The molecule has 0 aromatic carbocycles. The monoisotopic (exact) mass is 517 g/mol. The number of ether oxygens (including phenoxy) is 1. The van der Waals surface area contributed by atoms with Gasteiger partial charge in [-0.3, -0.25) is 9.67 Å². The lowest BCUT2D eigenvalue weighted by molar-refractivity contribution is 0.0240. The lowest BCUT2D eigenvalue weighted by Gasteiger charge is -2.36. The van der Waals surface area contributed by atoms with Crippen molar-refractivity contribution in [1.82, 2.24) is 29.6 Å². The molecule has 5 rings (SSSR count). The molecule has 0 bridgehead atoms. The topological polar surface area (TPSA) is 89.3 Å². The molecule has 1 saturated heterocycles. The first-order valence-corrected chi connectivity index (χ1v) is 13.6. The second kappa shape index (κ2) is 10.0. The van der Waals surface area contributed by atoms with Crippen molar-refractivity contribution in [3.63, 3.8) is 0 Å². The van der Waals surface area contributed by atoms with Crippen molar-refractivity contribution in [2.45, 2.75) is 78.9 Å². The summed E-state index contributed by atoms with van der Waals surface area (Å²) in [5.41, 5.74) is 7.25. The van der Waals surface area contributed by atoms with Gasteiger partial charge in [-0.1, -0.05) is 13.8 Å². The molecule has 1 amide bonds. The predicted octanol–water partition coefficient (Wildman–Crippen LogP) is 4.99. The fraction of sp³-hybridized carbons (Fsp3) is 0.552. The molecule has 9 nitrogen and oxygen atoms in total. The molecule has 0 N–H and O–H groups in total. The standard InChI is InChI=1S/C29H39N7O2/c1-18(2)27-25-23(33-36(27)19(3)4)14-20-16-31-24(32-26(20)25)15-21-8-9-22(17-30-21)34-10-12-35(13-11-34)28(37)38-29(5,6)7/h8-9,16-19H,10-15H2,1-7H3. The van der Waals surface area contributed by atoms with E-state index in [2.05, 4.69) is 48.3 Å². The van der Waals surface area contributed by atoms with Crippen molar-refractivity contribution < 1.29 is 9.53 Å². The van der Waals surface area contributed by atoms with Crippen LogP contribution in [0.2, 0.25) is 0 Å². The number of hydrogen-bond donors (Lipinski definition) is 0. The van der Waals surface area contributed by atoms with Gasteiger partial charge < -0.3 is 14.5 Å². The Morgan fingerprint density at radius 2 is 1.76 bits per heavy atom. The lowest BCUT2D eigenvalue weighted by Crippen LogP contribution is -2.50. The van der Waals surface area contributed by atoms with Crippen LogP contribution < -0.4 is 4.90 Å². The Morgan fingerprint density at radius 1 is 1.03 bits per heavy atom. The molecule has 2 aliphatic rings. The molecule has 3 aromatic rings. The van der Waals surface area contributed by atoms with Crippen molar-refractivity contribution in [2.24, 2.45) is 0 Å². The molecule has 202 valence electrons. The van der Waals surface area contributed by atoms with Crippen LogP contribution in [0, 0.1) is 0 Å². The summed E-state index contributed by atoms with van der Waals surface area (Å²) in [6.07, 6.45) is 4.99. The van der Waals surface area contributed by atoms with E-state index in [0.717, 1.165) is 53.7 Å². The van der Waals surface area contributed by atoms with Crippen molar-refractivity contribution in [1.29, 1.82) is 0 Å². The third kappa shape index (κ3) is 5.24. The van der Waals surface area contributed by atoms with Crippen LogP contribution in [0.15, 0.2) is 24.5 Å². The minimum Gasteiger partial charge on any atom is -0.444 e. The van der Waals surface area contributed by atoms with Crippen LogP contribution in [0.25, 0.3) is 11.3 Å². The summed E-state index contributed by atoms with van der Waals surface area (Å²) in [6, 6.07) is 4.46. The number of nitrogens with zero attached hydrogens (tertiary/aromatic N) is 7. The van der Waals surface area contributed by atoms with E-state index in [0.29, 0.717) is 31.5 Å². The Balaban J connectivity index is 1.26. The summed E-state index contributed by atoms with van der Waals surface area (Å²) >= 11 is 0. The highest BCUT2D eigenvalue weighted by Crippen LogP contribution is 2.41. The number of carbonyl (C=O) groups is 1. The van der Waals surface area contributed by atoms with Gasteiger partial charge in [-0.2, -0.15) is 5.10 Å². The number of pyridine rings is 1. The van der Waals surface area contributed by atoms with Gasteiger partial charge in [0.1, 0.15) is 11.4 Å². The Hall–Kier alpha value is -3.49. The predicted molar refractivity (Wildman–Crippen MR) is 148 cm³/mol. The zero-order chi connectivity index (χ0) is 27.2. The molecular weight excluding hydrogens is 478 g/mol. The van der Waals surface area contributed by atoms with Gasteiger partial charge in [-0.25, -0.2) is 14.8 Å². The number of carbonyl (C=O) groups excluding carboxylic acids is 1. The van der Waals surface area contributed by atoms with Crippen molar-refractivity contribution in [3.8, 4) is 11.3 Å². The molecule has 9 heteroatoms. The van der Waals surface area contributed by atoms with E-state index in [1.54, 1.807) is 4.90 Å². The number of fused-ring (bicyclic) bond motifs is 3. The van der Waals surface area contributed by atoms with E-state index < -0.39 is 5.60 Å². The SMILES string of the molecule is CC(C)c1c2c(nn1C(C)C)Cc1cnc(Cc3ccc(N4CCN(C(=O)OC(C)(C)C)CC4)cn3)nc1-2. The second-order valence-corrected chi connectivity index (χ2v) is 11.9. The van der Waals surface area contributed by atoms with Crippen molar-refractivity contribution >= 4 is 11.8 Å². The van der Waals surface area contributed by atoms with E-state index in [1.165, 1.54) is 11.3 Å². The van der Waals surface area contributed by atoms with Crippen LogP contribution in [0.5, 0.6) is 0 Å². The zero-order valence-electron chi connectivity index (χ0n) is 23.7. The summed E-state index contributed by atoms with van der Waals surface area (Å²) in [5.74, 6) is 1.13. The first-order valence-electron chi connectivity index (χ1n) is 13.6. The van der Waals surface area contributed by atoms with Gasteiger partial charge in [0.2, 0.25) is 0 Å². The summed E-state index contributed by atoms with van der Waals surface area (Å²) in [4.78, 5) is 30.8. The van der Waals surface area contributed by atoms with E-state index in [9.17, 15) is 4.79 Å². The maximum Gasteiger partial charge on any atom is 0.410 e. The third-order valence-corrected chi connectivity index (χ3v) is 7.01. The summed E-state index contributed by atoms with van der Waals surface area (Å²) in [6.45, 7) is 17.2. The molecule has 1 aliphatic carbocycles. The third-order valence-electron chi connectivity index (χ3n) is 7.01. The van der Waals surface area contributed by atoms with Gasteiger partial charge in [-0.15, -0.1) is 0 Å². The molecule has 0 spiro atoms. The van der Waals surface area contributed by atoms with Gasteiger partial charge in [-0.05, 0) is 52.7 Å². The lowest BCUT2D eigenvalue weighted by atomic mass is 10.0. The molecule has 0 saturated carbocycles. The van der Waals surface area contributed by atoms with Crippen LogP contribution >= 0.6 is 0 Å². The average molecular weight is 518 g/mol. The normalized spacial score (nSPS) is 15.3. The minimum atomic E-state index is -0.481. The molecule has 3 aromatic heterocycles. The van der Waals surface area contributed by atoms with Crippen LogP contribution in [0.3, 0.4) is 0 Å². The molecule has 0 atom stereocenters. The zero-order valence-corrected chi connectivity index (χ0v) is 23.7. The summed E-state index contributed by atoms with van der Waals surface area (Å²) < 4.78 is 7.67. The number of amides is 1. The highest BCUT2D eigenvalue weighted by molar-refractivity contribution is 5.74. The molecular formula is C29H39N7O2. The van der Waals surface area contributed by atoms with Gasteiger partial charge in [0, 0.05) is 61.7 Å². The Kier molecular flexibility index (Phi) is 6.88. The molecule has 0 unspecified atom stereocenters. The molecule has 1 aliphatic heterocycles. The highest BCUT2D eigenvalue weighted by atomic mass is 16.6. The maximum atomic E-state index is 12.4. The van der Waals surface area contributed by atoms with Crippen LogP contribution in [0.1, 0.15) is 88.9 Å². The van der Waals surface area contributed by atoms with E-state index in [-0.39, 0.29) is 6.09 Å². The fourth-order valence-corrected chi connectivity index (χ4v) is 5.22. The smallest absolute Gasteiger partial charge is 0.410 e. The second-order valence-electron chi connectivity index (χ2n) is 11.9. The summed E-state index contributed by atoms with van der Waals surface area (Å²) in [5, 5.41) is 4.93. The van der Waals surface area contributed by atoms with E-state index in [4.69, 9.17) is 19.8 Å². The fourth-order valence-electron chi connectivity index (χ4n) is 5.22. The van der Waals surface area contributed by atoms with Gasteiger partial charge in [0.15, 0.2) is 0 Å². The highest BCUT2D eigenvalue weighted by Gasteiger charge is 2.31. The number of aromatic nitrogens is 5. The number of piperazine rings is 1. The summed E-state index contributed by atoms with van der Waals surface area (Å²) in [7, 11) is 0. The van der Waals surface area contributed by atoms with E-state index in [1.807, 2.05) is 39.2 Å². The molecule has 38 heavy (non-hydrogen) atoms. The van der Waals surface area contributed by atoms with Crippen LogP contribution in [0.4, 0.5) is 10.5 Å². The minimum absolute atomic E-state index is 0.246. The molecule has 1 fully saturated rings. The number of rotatable bonds is 5. The Labute approximate surface area is 225 Å². The maximum absolute atomic E-state index is 12.4. The Bertz CT molecular complexity index is 1310. The van der Waals surface area contributed by atoms with Crippen molar-refractivity contribution in [3.05, 3.63) is 53.0 Å². The van der Waals surface area contributed by atoms with Gasteiger partial charge >= 0.3 is 6.09 Å². The van der Waals surface area contributed by atoms with Crippen molar-refractivity contribution in [2.75, 3.05) is 31.1 Å². The largest absolute Gasteiger partial charge is 0.444 e.